The number of amides is 1. The van der Waals surface area contributed by atoms with Gasteiger partial charge in [0.2, 0.25) is 16.0 Å². The van der Waals surface area contributed by atoms with E-state index in [-0.39, 0.29) is 42.5 Å². The number of carbonyl (C=O) groups is 1. The quantitative estimate of drug-likeness (QED) is 0.595. The Balaban J connectivity index is 1.61. The molecule has 1 amide bonds. The number of piperidine rings is 1. The third-order valence-electron chi connectivity index (χ3n) is 6.80. The van der Waals surface area contributed by atoms with E-state index in [2.05, 4.69) is 15.3 Å². The van der Waals surface area contributed by atoms with E-state index in [1.54, 1.807) is 30.3 Å². The highest BCUT2D eigenvalue weighted by atomic mass is 32.2. The van der Waals surface area contributed by atoms with Gasteiger partial charge in [-0.25, -0.2) is 32.8 Å². The van der Waals surface area contributed by atoms with Gasteiger partial charge in [0.25, 0.3) is 6.02 Å². The SMILES string of the molecule is CC(C)CS(=O)(=O)N1CC[C@@H]2Oc3ccc(-c4cccnc4F)cc3[C@]3(COC(NC(=O)O)=N3)[C@H]2C1. The Bertz CT molecular complexity index is 1330. The van der Waals surface area contributed by atoms with Gasteiger partial charge < -0.3 is 14.6 Å². The molecule has 5 rings (SSSR count). The lowest BCUT2D eigenvalue weighted by Gasteiger charge is -2.48. The summed E-state index contributed by atoms with van der Waals surface area (Å²) in [5, 5.41) is 11.4. The van der Waals surface area contributed by atoms with Crippen LogP contribution in [0.4, 0.5) is 9.18 Å². The monoisotopic (exact) mass is 518 g/mol. The molecule has 3 atom stereocenters. The largest absolute Gasteiger partial charge is 0.490 e. The molecule has 0 bridgehead atoms. The van der Waals surface area contributed by atoms with Gasteiger partial charge in [0.05, 0.1) is 5.75 Å². The van der Waals surface area contributed by atoms with Crippen molar-refractivity contribution in [2.45, 2.75) is 31.9 Å². The standard InChI is InChI=1S/C24H27FN4O6S/c1-14(2)12-36(32,33)29-9-7-20-18(11-29)24(13-34-22(28-24)27-23(30)31)17-10-15(5-6-19(17)35-20)16-4-3-8-26-21(16)25/h3-6,8,10,14,18,20H,7,9,11-13H2,1-2H3,(H,27,28)(H,30,31)/t18-,20-,24+/m0/s1. The van der Waals surface area contributed by atoms with E-state index in [9.17, 15) is 22.7 Å². The van der Waals surface area contributed by atoms with E-state index in [0.717, 1.165) is 0 Å². The van der Waals surface area contributed by atoms with Crippen LogP contribution in [0.1, 0.15) is 25.8 Å². The lowest BCUT2D eigenvalue weighted by Crippen LogP contribution is -2.58. The summed E-state index contributed by atoms with van der Waals surface area (Å²) in [4.78, 5) is 19.7. The zero-order valence-corrected chi connectivity index (χ0v) is 20.7. The molecule has 12 heteroatoms. The molecule has 1 spiro atoms. The molecule has 1 aromatic carbocycles. The van der Waals surface area contributed by atoms with E-state index >= 15 is 0 Å². The minimum absolute atomic E-state index is 0.0167. The van der Waals surface area contributed by atoms with Gasteiger partial charge in [-0.2, -0.15) is 4.39 Å². The Morgan fingerprint density at radius 2 is 2.17 bits per heavy atom. The molecule has 0 unspecified atom stereocenters. The third-order valence-corrected chi connectivity index (χ3v) is 9.01. The van der Waals surface area contributed by atoms with Gasteiger partial charge in [-0.15, -0.1) is 0 Å². The number of hydrogen-bond donors (Lipinski definition) is 2. The Morgan fingerprint density at radius 1 is 1.36 bits per heavy atom. The van der Waals surface area contributed by atoms with Crippen LogP contribution in [0.2, 0.25) is 0 Å². The number of benzene rings is 1. The van der Waals surface area contributed by atoms with Crippen LogP contribution in [0.5, 0.6) is 5.75 Å². The number of rotatable bonds is 4. The molecule has 0 radical (unpaired) electrons. The molecule has 1 aromatic heterocycles. The van der Waals surface area contributed by atoms with E-state index in [1.165, 1.54) is 10.5 Å². The maximum Gasteiger partial charge on any atom is 0.412 e. The smallest absolute Gasteiger partial charge is 0.412 e. The highest BCUT2D eigenvalue weighted by Gasteiger charge is 2.56. The second-order valence-corrected chi connectivity index (χ2v) is 11.7. The molecule has 36 heavy (non-hydrogen) atoms. The highest BCUT2D eigenvalue weighted by molar-refractivity contribution is 7.89. The van der Waals surface area contributed by atoms with Crippen LogP contribution in [0, 0.1) is 17.8 Å². The van der Waals surface area contributed by atoms with Crippen molar-refractivity contribution in [2.24, 2.45) is 16.8 Å². The van der Waals surface area contributed by atoms with Crippen molar-refractivity contribution in [2.75, 3.05) is 25.4 Å². The van der Waals surface area contributed by atoms with Crippen LogP contribution in [0.25, 0.3) is 11.1 Å². The van der Waals surface area contributed by atoms with E-state index in [1.807, 2.05) is 13.8 Å². The normalized spacial score (nSPS) is 25.5. The zero-order valence-electron chi connectivity index (χ0n) is 19.8. The number of amidine groups is 1. The molecule has 4 heterocycles. The van der Waals surface area contributed by atoms with Gasteiger partial charge in [0, 0.05) is 36.3 Å². The maximum absolute atomic E-state index is 14.5. The first-order chi connectivity index (χ1) is 17.1. The number of halogens is 1. The second kappa shape index (κ2) is 9.00. The molecule has 2 aromatic rings. The number of nitrogens with zero attached hydrogens (tertiary/aromatic N) is 3. The third kappa shape index (κ3) is 4.28. The fraction of sp³-hybridized carbons (Fsp3) is 0.458. The average molecular weight is 519 g/mol. The van der Waals surface area contributed by atoms with Crippen molar-refractivity contribution < 1.29 is 32.2 Å². The molecular formula is C24H27FN4O6S. The molecule has 0 saturated carbocycles. The molecule has 3 aliphatic heterocycles. The van der Waals surface area contributed by atoms with E-state index in [4.69, 9.17) is 9.47 Å². The Labute approximate surface area is 208 Å². The maximum atomic E-state index is 14.5. The number of carboxylic acid groups (broad SMARTS) is 1. The number of aliphatic imine (C=N–C) groups is 1. The topological polar surface area (TPSA) is 130 Å². The summed E-state index contributed by atoms with van der Waals surface area (Å²) >= 11 is 0. The van der Waals surface area contributed by atoms with Gasteiger partial charge in [-0.1, -0.05) is 19.9 Å². The van der Waals surface area contributed by atoms with Crippen LogP contribution in [-0.2, 0) is 20.3 Å². The minimum Gasteiger partial charge on any atom is -0.490 e. The molecule has 2 N–H and O–H groups in total. The Kier molecular flexibility index (Phi) is 6.11. The summed E-state index contributed by atoms with van der Waals surface area (Å²) in [5.41, 5.74) is 0.274. The zero-order chi connectivity index (χ0) is 25.7. The molecule has 1 saturated heterocycles. The summed E-state index contributed by atoms with van der Waals surface area (Å²) in [6.45, 7) is 4.13. The fourth-order valence-electron chi connectivity index (χ4n) is 5.29. The van der Waals surface area contributed by atoms with Gasteiger partial charge in [0.15, 0.2) is 0 Å². The highest BCUT2D eigenvalue weighted by Crippen LogP contribution is 2.51. The molecule has 10 nitrogen and oxygen atoms in total. The summed E-state index contributed by atoms with van der Waals surface area (Å²) in [6, 6.07) is 8.26. The predicted octanol–water partition coefficient (Wildman–Crippen LogP) is 2.81. The van der Waals surface area contributed by atoms with Crippen molar-refractivity contribution in [3.05, 3.63) is 48.0 Å². The van der Waals surface area contributed by atoms with Crippen molar-refractivity contribution in [1.82, 2.24) is 14.6 Å². The molecule has 1 fully saturated rings. The van der Waals surface area contributed by atoms with Crippen LogP contribution in [-0.4, -0.2) is 66.5 Å². The minimum atomic E-state index is -3.53. The number of pyridine rings is 1. The first-order valence-electron chi connectivity index (χ1n) is 11.7. The number of ether oxygens (including phenoxy) is 2. The Hall–Kier alpha value is -3.25. The van der Waals surface area contributed by atoms with E-state index < -0.39 is 33.5 Å². The predicted molar refractivity (Wildman–Crippen MR) is 129 cm³/mol. The lowest BCUT2D eigenvalue weighted by atomic mass is 9.71. The number of hydrogen-bond acceptors (Lipinski definition) is 7. The molecule has 0 aliphatic carbocycles. The van der Waals surface area contributed by atoms with Crippen molar-refractivity contribution in [3.8, 4) is 16.9 Å². The van der Waals surface area contributed by atoms with Gasteiger partial charge in [-0.3, -0.25) is 0 Å². The first kappa shape index (κ1) is 24.4. The van der Waals surface area contributed by atoms with Gasteiger partial charge in [0.1, 0.15) is 24.0 Å². The summed E-state index contributed by atoms with van der Waals surface area (Å²) < 4.78 is 54.1. The Morgan fingerprint density at radius 3 is 2.89 bits per heavy atom. The van der Waals surface area contributed by atoms with Crippen LogP contribution >= 0.6 is 0 Å². The van der Waals surface area contributed by atoms with Crippen molar-refractivity contribution in [1.29, 1.82) is 0 Å². The number of sulfonamides is 1. The van der Waals surface area contributed by atoms with Crippen molar-refractivity contribution >= 4 is 22.1 Å². The second-order valence-electron chi connectivity index (χ2n) is 9.69. The summed E-state index contributed by atoms with van der Waals surface area (Å²) in [7, 11) is -3.53. The first-order valence-corrected chi connectivity index (χ1v) is 13.3. The van der Waals surface area contributed by atoms with Crippen LogP contribution in [0.15, 0.2) is 41.5 Å². The number of aromatic nitrogens is 1. The molecular weight excluding hydrogens is 491 g/mol. The van der Waals surface area contributed by atoms with E-state index in [0.29, 0.717) is 29.8 Å². The average Bonchev–Trinajstić information content (AvgIpc) is 3.22. The summed E-state index contributed by atoms with van der Waals surface area (Å²) in [5.74, 6) is -0.593. The lowest BCUT2D eigenvalue weighted by molar-refractivity contribution is -0.00358. The van der Waals surface area contributed by atoms with Gasteiger partial charge >= 0.3 is 6.09 Å². The summed E-state index contributed by atoms with van der Waals surface area (Å²) in [6.07, 6.45) is 0.116. The van der Waals surface area contributed by atoms with Crippen LogP contribution in [0.3, 0.4) is 0 Å². The number of fused-ring (bicyclic) bond motifs is 4. The van der Waals surface area contributed by atoms with Crippen molar-refractivity contribution in [3.63, 3.8) is 0 Å². The molecule has 192 valence electrons. The fourth-order valence-corrected chi connectivity index (χ4v) is 7.11. The van der Waals surface area contributed by atoms with Gasteiger partial charge in [-0.05, 0) is 42.2 Å². The van der Waals surface area contributed by atoms with Crippen LogP contribution < -0.4 is 10.1 Å². The molecule has 3 aliphatic rings. The number of nitrogens with one attached hydrogen (secondary N) is 1.